The SMILES string of the molecule is CC(C)N(CC(=O)N(Cc1ccc(F)cc1)Cc1ccco1)C(=O)NC1CCCCC1. The third-order valence-electron chi connectivity index (χ3n) is 5.69. The number of nitrogens with one attached hydrogen (secondary N) is 1. The van der Waals surface area contributed by atoms with Gasteiger partial charge in [-0.3, -0.25) is 4.79 Å². The first kappa shape index (κ1) is 22.8. The standard InChI is InChI=1S/C24H32FN3O3/c1-18(2)28(24(30)26-21-7-4-3-5-8-21)17-23(29)27(16-22-9-6-14-31-22)15-19-10-12-20(25)13-11-19/h6,9-14,18,21H,3-5,7-8,15-17H2,1-2H3,(H,26,30). The van der Waals surface area contributed by atoms with Crippen molar-refractivity contribution in [3.63, 3.8) is 0 Å². The molecule has 0 radical (unpaired) electrons. The fourth-order valence-electron chi connectivity index (χ4n) is 3.87. The highest BCUT2D eigenvalue weighted by Gasteiger charge is 2.26. The van der Waals surface area contributed by atoms with Crippen molar-refractivity contribution in [2.45, 2.75) is 71.1 Å². The Balaban J connectivity index is 1.69. The highest BCUT2D eigenvalue weighted by molar-refractivity contribution is 5.84. The lowest BCUT2D eigenvalue weighted by molar-refractivity contribution is -0.133. The number of rotatable bonds is 8. The smallest absolute Gasteiger partial charge is 0.318 e. The molecule has 1 heterocycles. The van der Waals surface area contributed by atoms with Crippen molar-refractivity contribution in [3.8, 4) is 0 Å². The number of hydrogen-bond donors (Lipinski definition) is 1. The van der Waals surface area contributed by atoms with E-state index in [1.54, 1.807) is 40.3 Å². The van der Waals surface area contributed by atoms with Crippen LogP contribution in [-0.2, 0) is 17.9 Å². The highest BCUT2D eigenvalue weighted by atomic mass is 19.1. The van der Waals surface area contributed by atoms with E-state index in [0.717, 1.165) is 31.2 Å². The largest absolute Gasteiger partial charge is 0.467 e. The molecule has 0 atom stereocenters. The predicted molar refractivity (Wildman–Crippen MR) is 117 cm³/mol. The van der Waals surface area contributed by atoms with Gasteiger partial charge >= 0.3 is 6.03 Å². The van der Waals surface area contributed by atoms with Crippen molar-refractivity contribution in [1.82, 2.24) is 15.1 Å². The van der Waals surface area contributed by atoms with Gasteiger partial charge in [-0.1, -0.05) is 31.4 Å². The molecule has 1 fully saturated rings. The van der Waals surface area contributed by atoms with Crippen LogP contribution in [0.15, 0.2) is 47.1 Å². The number of carbonyl (C=O) groups excluding carboxylic acids is 2. The van der Waals surface area contributed by atoms with Gasteiger partial charge in [0.1, 0.15) is 18.1 Å². The van der Waals surface area contributed by atoms with Crippen molar-refractivity contribution in [2.75, 3.05) is 6.54 Å². The fraction of sp³-hybridized carbons (Fsp3) is 0.500. The van der Waals surface area contributed by atoms with Crippen LogP contribution in [0.2, 0.25) is 0 Å². The van der Waals surface area contributed by atoms with E-state index in [9.17, 15) is 14.0 Å². The third kappa shape index (κ3) is 6.84. The normalized spacial score (nSPS) is 14.5. The molecule has 3 amide bonds. The summed E-state index contributed by atoms with van der Waals surface area (Å²) in [5.74, 6) is 0.143. The zero-order chi connectivity index (χ0) is 22.2. The number of nitrogens with zero attached hydrogens (tertiary/aromatic N) is 2. The lowest BCUT2D eigenvalue weighted by Crippen LogP contribution is -2.51. The van der Waals surface area contributed by atoms with Crippen LogP contribution in [0.25, 0.3) is 0 Å². The van der Waals surface area contributed by atoms with Crippen LogP contribution < -0.4 is 5.32 Å². The molecule has 168 valence electrons. The second kappa shape index (κ2) is 11.0. The first-order valence-corrected chi connectivity index (χ1v) is 11.0. The Hall–Kier alpha value is -2.83. The highest BCUT2D eigenvalue weighted by Crippen LogP contribution is 2.18. The molecule has 0 spiro atoms. The molecule has 6 nitrogen and oxygen atoms in total. The molecular weight excluding hydrogens is 397 g/mol. The van der Waals surface area contributed by atoms with E-state index in [2.05, 4.69) is 5.32 Å². The Morgan fingerprint density at radius 2 is 1.81 bits per heavy atom. The molecule has 3 rings (SSSR count). The average Bonchev–Trinajstić information content (AvgIpc) is 3.26. The summed E-state index contributed by atoms with van der Waals surface area (Å²) in [4.78, 5) is 29.4. The van der Waals surface area contributed by atoms with Gasteiger partial charge < -0.3 is 19.5 Å². The minimum atomic E-state index is -0.321. The summed E-state index contributed by atoms with van der Waals surface area (Å²) in [5, 5.41) is 3.10. The Labute approximate surface area is 183 Å². The number of hydrogen-bond acceptors (Lipinski definition) is 3. The van der Waals surface area contributed by atoms with Crippen molar-refractivity contribution in [3.05, 3.63) is 59.8 Å². The van der Waals surface area contributed by atoms with Crippen LogP contribution in [0.1, 0.15) is 57.3 Å². The Morgan fingerprint density at radius 3 is 2.42 bits per heavy atom. The van der Waals surface area contributed by atoms with Gasteiger partial charge in [0.2, 0.25) is 5.91 Å². The van der Waals surface area contributed by atoms with Crippen molar-refractivity contribution in [2.24, 2.45) is 0 Å². The molecule has 7 heteroatoms. The summed E-state index contributed by atoms with van der Waals surface area (Å²) < 4.78 is 18.7. The Bertz CT molecular complexity index is 830. The molecule has 1 aromatic heterocycles. The first-order chi connectivity index (χ1) is 14.9. The molecular formula is C24H32FN3O3. The van der Waals surface area contributed by atoms with E-state index in [0.29, 0.717) is 12.3 Å². The van der Waals surface area contributed by atoms with Crippen LogP contribution in [0.4, 0.5) is 9.18 Å². The molecule has 0 aliphatic heterocycles. The van der Waals surface area contributed by atoms with Crippen LogP contribution in [-0.4, -0.2) is 40.4 Å². The number of furan rings is 1. The topological polar surface area (TPSA) is 65.8 Å². The first-order valence-electron chi connectivity index (χ1n) is 11.0. The summed E-state index contributed by atoms with van der Waals surface area (Å²) in [6, 6.07) is 9.51. The van der Waals surface area contributed by atoms with E-state index in [1.807, 2.05) is 13.8 Å². The molecule has 0 unspecified atom stereocenters. The minimum Gasteiger partial charge on any atom is -0.467 e. The zero-order valence-electron chi connectivity index (χ0n) is 18.4. The second-order valence-electron chi connectivity index (χ2n) is 8.46. The van der Waals surface area contributed by atoms with E-state index >= 15 is 0 Å². The van der Waals surface area contributed by atoms with Crippen LogP contribution >= 0.6 is 0 Å². The summed E-state index contributed by atoms with van der Waals surface area (Å²) in [5.41, 5.74) is 0.809. The van der Waals surface area contributed by atoms with Gasteiger partial charge in [-0.15, -0.1) is 0 Å². The van der Waals surface area contributed by atoms with Crippen LogP contribution in [0.5, 0.6) is 0 Å². The van der Waals surface area contributed by atoms with Gasteiger partial charge in [0, 0.05) is 18.6 Å². The Morgan fingerprint density at radius 1 is 1.10 bits per heavy atom. The Kier molecular flexibility index (Phi) is 8.09. The average molecular weight is 430 g/mol. The minimum absolute atomic E-state index is 0.0296. The maximum Gasteiger partial charge on any atom is 0.318 e. The van der Waals surface area contributed by atoms with Gasteiger partial charge in [-0.25, -0.2) is 9.18 Å². The maximum absolute atomic E-state index is 13.3. The monoisotopic (exact) mass is 429 g/mol. The number of amides is 3. The molecule has 0 bridgehead atoms. The summed E-state index contributed by atoms with van der Waals surface area (Å²) in [6.07, 6.45) is 7.00. The van der Waals surface area contributed by atoms with E-state index < -0.39 is 0 Å². The fourth-order valence-corrected chi connectivity index (χ4v) is 3.87. The van der Waals surface area contributed by atoms with Gasteiger partial charge in [-0.05, 0) is 56.5 Å². The summed E-state index contributed by atoms with van der Waals surface area (Å²) in [6.45, 7) is 4.36. The summed E-state index contributed by atoms with van der Waals surface area (Å²) in [7, 11) is 0. The predicted octanol–water partition coefficient (Wildman–Crippen LogP) is 4.70. The molecule has 1 saturated carbocycles. The van der Waals surface area contributed by atoms with E-state index in [1.165, 1.54) is 18.6 Å². The maximum atomic E-state index is 13.3. The molecule has 31 heavy (non-hydrogen) atoms. The van der Waals surface area contributed by atoms with Gasteiger partial charge in [0.05, 0.1) is 12.8 Å². The molecule has 1 aliphatic carbocycles. The third-order valence-corrected chi connectivity index (χ3v) is 5.69. The van der Waals surface area contributed by atoms with Crippen LogP contribution in [0, 0.1) is 5.82 Å². The summed E-state index contributed by atoms with van der Waals surface area (Å²) >= 11 is 0. The number of carbonyl (C=O) groups is 2. The zero-order valence-corrected chi connectivity index (χ0v) is 18.4. The lowest BCUT2D eigenvalue weighted by Gasteiger charge is -2.32. The molecule has 1 N–H and O–H groups in total. The number of urea groups is 1. The van der Waals surface area contributed by atoms with Gasteiger partial charge in [0.25, 0.3) is 0 Å². The molecule has 2 aromatic rings. The van der Waals surface area contributed by atoms with E-state index in [4.69, 9.17) is 4.42 Å². The van der Waals surface area contributed by atoms with E-state index in [-0.39, 0.29) is 42.9 Å². The van der Waals surface area contributed by atoms with Gasteiger partial charge in [0.15, 0.2) is 0 Å². The number of benzene rings is 1. The van der Waals surface area contributed by atoms with Crippen molar-refractivity contribution in [1.29, 1.82) is 0 Å². The molecule has 1 aliphatic rings. The lowest BCUT2D eigenvalue weighted by atomic mass is 9.96. The van der Waals surface area contributed by atoms with Crippen molar-refractivity contribution >= 4 is 11.9 Å². The quantitative estimate of drug-likeness (QED) is 0.661. The second-order valence-corrected chi connectivity index (χ2v) is 8.46. The molecule has 1 aromatic carbocycles. The number of halogens is 1. The van der Waals surface area contributed by atoms with Gasteiger partial charge in [-0.2, -0.15) is 0 Å². The van der Waals surface area contributed by atoms with Crippen LogP contribution in [0.3, 0.4) is 0 Å². The molecule has 0 saturated heterocycles. The van der Waals surface area contributed by atoms with Crippen molar-refractivity contribution < 1.29 is 18.4 Å².